The highest BCUT2D eigenvalue weighted by Gasteiger charge is 2.38. The van der Waals surface area contributed by atoms with Crippen LogP contribution in [0.1, 0.15) is 56.1 Å². The highest BCUT2D eigenvalue weighted by molar-refractivity contribution is 7.89. The number of carboxylic acid groups (broad SMARTS) is 1. The maximum atomic E-state index is 12.9. The smallest absolute Gasteiger partial charge is 0.303 e. The van der Waals surface area contributed by atoms with Gasteiger partial charge in [0.1, 0.15) is 0 Å². The Morgan fingerprint density at radius 2 is 1.57 bits per heavy atom. The topological polar surface area (TPSA) is 83.5 Å². The molecule has 3 rings (SSSR count). The molecule has 0 unspecified atom stereocenters. The molecule has 1 fully saturated rings. The first-order valence-electron chi connectivity index (χ1n) is 10.4. The van der Waals surface area contributed by atoms with E-state index >= 15 is 0 Å². The number of aliphatic carboxylic acids is 1. The van der Waals surface area contributed by atoms with E-state index in [2.05, 4.69) is 29.0 Å². The molecule has 2 aromatic rings. The first-order valence-corrected chi connectivity index (χ1v) is 12.2. The van der Waals surface area contributed by atoms with Crippen LogP contribution >= 0.6 is 11.6 Å². The molecule has 7 heteroatoms. The fraction of sp³-hybridized carbons (Fsp3) is 0.435. The predicted octanol–water partition coefficient (Wildman–Crippen LogP) is 4.97. The van der Waals surface area contributed by atoms with Crippen LogP contribution in [-0.2, 0) is 27.7 Å². The second kappa shape index (κ2) is 9.94. The lowest BCUT2D eigenvalue weighted by molar-refractivity contribution is -0.137. The summed E-state index contributed by atoms with van der Waals surface area (Å²) < 4.78 is 28.9. The minimum Gasteiger partial charge on any atom is -0.481 e. The van der Waals surface area contributed by atoms with Gasteiger partial charge in [0.05, 0.1) is 4.90 Å². The van der Waals surface area contributed by atoms with Gasteiger partial charge in [-0.25, -0.2) is 13.1 Å². The van der Waals surface area contributed by atoms with E-state index in [-0.39, 0.29) is 11.3 Å². The predicted molar refractivity (Wildman–Crippen MR) is 118 cm³/mol. The number of rotatable bonds is 10. The first-order chi connectivity index (χ1) is 14.3. The zero-order valence-corrected chi connectivity index (χ0v) is 18.5. The lowest BCUT2D eigenvalue weighted by Crippen LogP contribution is -2.47. The van der Waals surface area contributed by atoms with Crippen molar-refractivity contribution >= 4 is 27.6 Å². The number of sulfonamides is 1. The molecule has 0 bridgehead atoms. The second-order valence-electron chi connectivity index (χ2n) is 8.14. The molecule has 5 nitrogen and oxygen atoms in total. The van der Waals surface area contributed by atoms with E-state index in [4.69, 9.17) is 16.7 Å². The van der Waals surface area contributed by atoms with Crippen LogP contribution in [-0.4, -0.2) is 25.0 Å². The van der Waals surface area contributed by atoms with Crippen molar-refractivity contribution < 1.29 is 18.3 Å². The largest absolute Gasteiger partial charge is 0.481 e. The Morgan fingerprint density at radius 3 is 2.17 bits per heavy atom. The van der Waals surface area contributed by atoms with Crippen molar-refractivity contribution in [2.45, 2.75) is 68.2 Å². The van der Waals surface area contributed by atoms with Gasteiger partial charge in [-0.05, 0) is 73.9 Å². The van der Waals surface area contributed by atoms with Crippen LogP contribution in [0, 0.1) is 0 Å². The lowest BCUT2D eigenvalue weighted by atomic mass is 9.90. The summed E-state index contributed by atoms with van der Waals surface area (Å²) in [6.07, 6.45) is 6.86. The Balaban J connectivity index is 1.66. The molecule has 0 amide bonds. The summed E-state index contributed by atoms with van der Waals surface area (Å²) >= 11 is 5.89. The van der Waals surface area contributed by atoms with E-state index in [1.807, 2.05) is 0 Å². The number of aryl methyl sites for hydroxylation is 1. The van der Waals surface area contributed by atoms with E-state index in [9.17, 15) is 13.2 Å². The Labute approximate surface area is 183 Å². The molecule has 0 saturated heterocycles. The van der Waals surface area contributed by atoms with Crippen LogP contribution in [0.4, 0.5) is 0 Å². The molecule has 2 N–H and O–H groups in total. The van der Waals surface area contributed by atoms with Crippen LogP contribution in [0.5, 0.6) is 0 Å². The van der Waals surface area contributed by atoms with Crippen LogP contribution in [0.25, 0.3) is 0 Å². The molecule has 162 valence electrons. The standard InChI is InChI=1S/C23H28ClNO4S/c24-20-11-13-21(14-12-20)30(28,29)25-23(15-3-4-16-23)17-19-9-7-18(8-10-19)5-1-2-6-22(26)27/h7-14,25H,1-6,15-17H2,(H,26,27). The molecule has 0 aromatic heterocycles. The molecule has 1 aliphatic carbocycles. The molecule has 1 aliphatic rings. The van der Waals surface area contributed by atoms with E-state index in [0.29, 0.717) is 17.9 Å². The van der Waals surface area contributed by atoms with Gasteiger partial charge in [0.25, 0.3) is 0 Å². The molecule has 0 heterocycles. The SMILES string of the molecule is O=C(O)CCCCc1ccc(CC2(NS(=O)(=O)c3ccc(Cl)cc3)CCCC2)cc1. The van der Waals surface area contributed by atoms with Crippen LogP contribution in [0.15, 0.2) is 53.4 Å². The normalized spacial score (nSPS) is 15.9. The van der Waals surface area contributed by atoms with Gasteiger partial charge in [-0.15, -0.1) is 0 Å². The third-order valence-corrected chi connectivity index (χ3v) is 7.55. The van der Waals surface area contributed by atoms with Crippen molar-refractivity contribution in [3.63, 3.8) is 0 Å². The Morgan fingerprint density at radius 1 is 0.967 bits per heavy atom. The summed E-state index contributed by atoms with van der Waals surface area (Å²) in [5.41, 5.74) is 1.80. The second-order valence-corrected chi connectivity index (χ2v) is 10.3. The van der Waals surface area contributed by atoms with Gasteiger partial charge in [0.15, 0.2) is 0 Å². The number of hydrogen-bond donors (Lipinski definition) is 2. The number of nitrogens with one attached hydrogen (secondary N) is 1. The summed E-state index contributed by atoms with van der Waals surface area (Å²) in [4.78, 5) is 10.8. The van der Waals surface area contributed by atoms with Crippen molar-refractivity contribution in [3.8, 4) is 0 Å². The molecular formula is C23H28ClNO4S. The third kappa shape index (κ3) is 6.30. The summed E-state index contributed by atoms with van der Waals surface area (Å²) in [7, 11) is -3.63. The Bertz CT molecular complexity index is 950. The van der Waals surface area contributed by atoms with Crippen molar-refractivity contribution in [2.24, 2.45) is 0 Å². The van der Waals surface area contributed by atoms with Crippen molar-refractivity contribution in [1.82, 2.24) is 4.72 Å². The zero-order valence-electron chi connectivity index (χ0n) is 16.9. The Kier molecular flexibility index (Phi) is 7.55. The van der Waals surface area contributed by atoms with Crippen LogP contribution in [0.3, 0.4) is 0 Å². The van der Waals surface area contributed by atoms with Gasteiger partial charge in [-0.2, -0.15) is 0 Å². The average Bonchev–Trinajstić information content (AvgIpc) is 3.14. The number of unbranched alkanes of at least 4 members (excludes halogenated alkanes) is 1. The maximum absolute atomic E-state index is 12.9. The molecule has 30 heavy (non-hydrogen) atoms. The molecule has 0 radical (unpaired) electrons. The minimum atomic E-state index is -3.63. The van der Waals surface area contributed by atoms with Gasteiger partial charge >= 0.3 is 5.97 Å². The van der Waals surface area contributed by atoms with E-state index < -0.39 is 21.5 Å². The number of halogens is 1. The van der Waals surface area contributed by atoms with Gasteiger partial charge in [-0.3, -0.25) is 4.79 Å². The van der Waals surface area contributed by atoms with Crippen molar-refractivity contribution in [2.75, 3.05) is 0 Å². The maximum Gasteiger partial charge on any atom is 0.303 e. The minimum absolute atomic E-state index is 0.203. The number of hydrogen-bond acceptors (Lipinski definition) is 3. The fourth-order valence-electron chi connectivity index (χ4n) is 4.14. The first kappa shape index (κ1) is 22.8. The molecular weight excluding hydrogens is 422 g/mol. The third-order valence-electron chi connectivity index (χ3n) is 5.71. The number of benzene rings is 2. The number of carbonyl (C=O) groups is 1. The highest BCUT2D eigenvalue weighted by atomic mass is 35.5. The number of carboxylic acids is 1. The van der Waals surface area contributed by atoms with Gasteiger partial charge < -0.3 is 5.11 Å². The van der Waals surface area contributed by atoms with Crippen LogP contribution < -0.4 is 4.72 Å². The molecule has 1 saturated carbocycles. The Hall–Kier alpha value is -1.89. The average molecular weight is 450 g/mol. The highest BCUT2D eigenvalue weighted by Crippen LogP contribution is 2.34. The van der Waals surface area contributed by atoms with E-state index in [0.717, 1.165) is 44.1 Å². The fourth-order valence-corrected chi connectivity index (χ4v) is 5.73. The summed E-state index contributed by atoms with van der Waals surface area (Å²) in [5, 5.41) is 9.22. The zero-order chi connectivity index (χ0) is 21.6. The van der Waals surface area contributed by atoms with Gasteiger partial charge in [-0.1, -0.05) is 48.7 Å². The molecule has 0 atom stereocenters. The lowest BCUT2D eigenvalue weighted by Gasteiger charge is -2.30. The quantitative estimate of drug-likeness (QED) is 0.501. The van der Waals surface area contributed by atoms with Gasteiger partial charge in [0.2, 0.25) is 10.0 Å². The van der Waals surface area contributed by atoms with Crippen LogP contribution in [0.2, 0.25) is 5.02 Å². The van der Waals surface area contributed by atoms with Crippen molar-refractivity contribution in [1.29, 1.82) is 0 Å². The van der Waals surface area contributed by atoms with E-state index in [1.165, 1.54) is 17.7 Å². The molecule has 0 aliphatic heterocycles. The molecule has 0 spiro atoms. The molecule has 2 aromatic carbocycles. The van der Waals surface area contributed by atoms with Crippen molar-refractivity contribution in [3.05, 3.63) is 64.7 Å². The van der Waals surface area contributed by atoms with E-state index in [1.54, 1.807) is 12.1 Å². The summed E-state index contributed by atoms with van der Waals surface area (Å²) in [6, 6.07) is 14.5. The summed E-state index contributed by atoms with van der Waals surface area (Å²) in [6.45, 7) is 0. The summed E-state index contributed by atoms with van der Waals surface area (Å²) in [5.74, 6) is -0.756. The monoisotopic (exact) mass is 449 g/mol. The van der Waals surface area contributed by atoms with Gasteiger partial charge in [0, 0.05) is 17.0 Å².